The molecule has 4 aromatic rings. The van der Waals surface area contributed by atoms with Crippen LogP contribution in [0, 0.1) is 5.92 Å². The van der Waals surface area contributed by atoms with E-state index in [1.165, 1.54) is 18.2 Å². The zero-order valence-electron chi connectivity index (χ0n) is 26.3. The van der Waals surface area contributed by atoms with Gasteiger partial charge in [0, 0.05) is 34.6 Å². The molecule has 50 heavy (non-hydrogen) atoms. The topological polar surface area (TPSA) is 162 Å². The summed E-state index contributed by atoms with van der Waals surface area (Å²) in [4.78, 5) is 74.7. The second-order valence-electron chi connectivity index (χ2n) is 11.0. The van der Waals surface area contributed by atoms with Crippen molar-refractivity contribution in [3.05, 3.63) is 147 Å². The van der Waals surface area contributed by atoms with Crippen LogP contribution in [-0.2, 0) is 33.3 Å². The quantitative estimate of drug-likeness (QED) is 0.0482. The van der Waals surface area contributed by atoms with Crippen LogP contribution < -0.4 is 10.4 Å². The van der Waals surface area contributed by atoms with E-state index in [2.05, 4.69) is 0 Å². The summed E-state index contributed by atoms with van der Waals surface area (Å²) in [6, 6.07) is 22.8. The van der Waals surface area contributed by atoms with Gasteiger partial charge in [0.05, 0.1) is 0 Å². The van der Waals surface area contributed by atoms with Crippen molar-refractivity contribution in [1.29, 1.82) is 0 Å². The van der Waals surface area contributed by atoms with Crippen molar-refractivity contribution in [3.63, 3.8) is 0 Å². The molecule has 0 spiro atoms. The third-order valence-electron chi connectivity index (χ3n) is 7.61. The number of ether oxygens (including phenoxy) is 5. The van der Waals surface area contributed by atoms with Crippen molar-refractivity contribution >= 4 is 40.4 Å². The van der Waals surface area contributed by atoms with E-state index in [0.717, 1.165) is 0 Å². The number of benzene rings is 3. The lowest BCUT2D eigenvalue weighted by atomic mass is 9.90. The smallest absolute Gasteiger partial charge is 0.347 e. The Kier molecular flexibility index (Phi) is 10.1. The van der Waals surface area contributed by atoms with Gasteiger partial charge in [-0.2, -0.15) is 0 Å². The van der Waals surface area contributed by atoms with Crippen LogP contribution in [0.4, 0.5) is 0 Å². The van der Waals surface area contributed by atoms with Crippen LogP contribution in [0.5, 0.6) is 5.75 Å². The molecule has 252 valence electrons. The molecule has 0 radical (unpaired) electrons. The van der Waals surface area contributed by atoms with Crippen molar-refractivity contribution in [2.45, 2.75) is 6.42 Å². The summed E-state index contributed by atoms with van der Waals surface area (Å²) in [5.41, 5.74) is -0.0384. The van der Waals surface area contributed by atoms with E-state index in [-0.39, 0.29) is 41.6 Å². The number of esters is 3. The van der Waals surface area contributed by atoms with E-state index >= 15 is 0 Å². The minimum Gasteiger partial charge on any atom is -0.482 e. The van der Waals surface area contributed by atoms with Gasteiger partial charge in [-0.15, -0.1) is 0 Å². The van der Waals surface area contributed by atoms with Crippen molar-refractivity contribution in [1.82, 2.24) is 0 Å². The fraction of sp³-hybridized carbons (Fsp3) is 0.158. The molecule has 0 amide bonds. The first-order valence-corrected chi connectivity index (χ1v) is 15.4. The molecule has 0 saturated heterocycles. The van der Waals surface area contributed by atoms with Gasteiger partial charge in [-0.1, -0.05) is 66.7 Å². The maximum absolute atomic E-state index is 12.7. The van der Waals surface area contributed by atoms with E-state index in [4.69, 9.17) is 28.1 Å². The standard InChI is InChI=1S/C38H28O12/c39-33(21-47-27-13-11-25-17-29(37(43)49-31(25)19-27)35(41)23-7-3-1-4-8-23)45-15-16-46-34(40)22-48-28-14-12-26-18-30(38(44)50-32(26)20-28)36(42)24-9-5-2-6-10-24/h1-11,13-14,17-20,26H,12,15-16,21-22H2. The highest BCUT2D eigenvalue weighted by Gasteiger charge is 2.32. The molecule has 3 aromatic carbocycles. The summed E-state index contributed by atoms with van der Waals surface area (Å²) in [5.74, 6) is -2.61. The number of Topliss-reactive ketones (excluding diaryl/α,β-unsaturated/α-hetero) is 1. The molecule has 2 heterocycles. The maximum atomic E-state index is 12.7. The Labute approximate surface area is 284 Å². The molecule has 12 heteroatoms. The monoisotopic (exact) mass is 676 g/mol. The zero-order chi connectivity index (χ0) is 35.0. The number of ketones is 2. The molecule has 1 atom stereocenters. The molecule has 1 aromatic heterocycles. The average Bonchev–Trinajstić information content (AvgIpc) is 3.14. The highest BCUT2D eigenvalue weighted by molar-refractivity contribution is 6.24. The van der Waals surface area contributed by atoms with Gasteiger partial charge < -0.3 is 28.1 Å². The van der Waals surface area contributed by atoms with E-state index < -0.39 is 48.3 Å². The third kappa shape index (κ3) is 7.93. The second kappa shape index (κ2) is 15.1. The molecular formula is C38H28O12. The Balaban J connectivity index is 0.906. The van der Waals surface area contributed by atoms with Gasteiger partial charge in [-0.3, -0.25) is 9.59 Å². The normalized spacial score (nSPS) is 15.0. The summed E-state index contributed by atoms with van der Waals surface area (Å²) in [5, 5.41) is 0.491. The molecular weight excluding hydrogens is 648 g/mol. The Morgan fingerprint density at radius 2 is 1.38 bits per heavy atom. The number of allylic oxidation sites excluding steroid dienone is 3. The Bertz CT molecular complexity index is 2120. The lowest BCUT2D eigenvalue weighted by molar-refractivity contribution is -0.155. The van der Waals surface area contributed by atoms with Gasteiger partial charge in [-0.25, -0.2) is 19.2 Å². The van der Waals surface area contributed by atoms with Crippen molar-refractivity contribution < 1.29 is 52.1 Å². The first-order chi connectivity index (χ1) is 24.2. The van der Waals surface area contributed by atoms with Crippen LogP contribution in [0.3, 0.4) is 0 Å². The van der Waals surface area contributed by atoms with Gasteiger partial charge >= 0.3 is 23.5 Å². The fourth-order valence-electron chi connectivity index (χ4n) is 5.13. The van der Waals surface area contributed by atoms with Gasteiger partial charge in [-0.05, 0) is 30.7 Å². The number of hydrogen-bond donors (Lipinski definition) is 0. The maximum Gasteiger partial charge on any atom is 0.347 e. The summed E-state index contributed by atoms with van der Waals surface area (Å²) in [6.45, 7) is -1.39. The van der Waals surface area contributed by atoms with E-state index in [9.17, 15) is 28.8 Å². The van der Waals surface area contributed by atoms with Crippen molar-refractivity contribution in [2.24, 2.45) is 5.92 Å². The van der Waals surface area contributed by atoms with Gasteiger partial charge in [0.15, 0.2) is 24.8 Å². The van der Waals surface area contributed by atoms with Gasteiger partial charge in [0.25, 0.3) is 0 Å². The lowest BCUT2D eigenvalue weighted by Crippen LogP contribution is -2.26. The van der Waals surface area contributed by atoms with Crippen molar-refractivity contribution in [3.8, 4) is 5.75 Å². The average molecular weight is 677 g/mol. The lowest BCUT2D eigenvalue weighted by Gasteiger charge is -2.25. The number of carbonyl (C=O) groups excluding carboxylic acids is 5. The number of carbonyl (C=O) groups is 5. The van der Waals surface area contributed by atoms with Crippen LogP contribution in [0.25, 0.3) is 11.0 Å². The molecule has 12 nitrogen and oxygen atoms in total. The fourth-order valence-corrected chi connectivity index (χ4v) is 5.13. The number of rotatable bonds is 13. The highest BCUT2D eigenvalue weighted by atomic mass is 16.6. The van der Waals surface area contributed by atoms with Crippen LogP contribution in [-0.4, -0.2) is 55.9 Å². The molecule has 6 rings (SSSR count). The molecule has 2 aliphatic rings. The summed E-state index contributed by atoms with van der Waals surface area (Å²) in [7, 11) is 0. The first kappa shape index (κ1) is 33.3. The minimum absolute atomic E-state index is 0.0384. The van der Waals surface area contributed by atoms with E-state index in [1.54, 1.807) is 84.9 Å². The number of hydrogen-bond acceptors (Lipinski definition) is 12. The summed E-state index contributed by atoms with van der Waals surface area (Å²) < 4.78 is 31.7. The molecule has 0 N–H and O–H groups in total. The van der Waals surface area contributed by atoms with Crippen LogP contribution in [0.1, 0.15) is 32.7 Å². The minimum atomic E-state index is -0.803. The molecule has 1 unspecified atom stereocenters. The van der Waals surface area contributed by atoms with Crippen LogP contribution in [0.2, 0.25) is 0 Å². The predicted octanol–water partition coefficient (Wildman–Crippen LogP) is 4.66. The predicted molar refractivity (Wildman–Crippen MR) is 175 cm³/mol. The molecule has 0 bridgehead atoms. The Hall–Kier alpha value is -6.56. The van der Waals surface area contributed by atoms with E-state index in [0.29, 0.717) is 34.5 Å². The molecule has 0 fully saturated rings. The SMILES string of the molecule is O=C(COC1=CCC2C=C(C(=O)c3ccccc3)C(=O)OC2=C1)OCCOC(=O)COc1ccc2cc(C(=O)c3ccccc3)c(=O)oc2c1. The van der Waals surface area contributed by atoms with Gasteiger partial charge in [0.2, 0.25) is 0 Å². The molecule has 1 aliphatic carbocycles. The molecule has 1 aliphatic heterocycles. The molecule has 0 saturated carbocycles. The largest absolute Gasteiger partial charge is 0.482 e. The summed E-state index contributed by atoms with van der Waals surface area (Å²) >= 11 is 0. The summed E-state index contributed by atoms with van der Waals surface area (Å²) in [6.07, 6.45) is 5.15. The third-order valence-corrected chi connectivity index (χ3v) is 7.61. The number of fused-ring (bicyclic) bond motifs is 2. The van der Waals surface area contributed by atoms with Crippen LogP contribution >= 0.6 is 0 Å². The van der Waals surface area contributed by atoms with Crippen molar-refractivity contribution in [2.75, 3.05) is 26.4 Å². The highest BCUT2D eigenvalue weighted by Crippen LogP contribution is 2.33. The van der Waals surface area contributed by atoms with Gasteiger partial charge in [0.1, 0.15) is 47.2 Å². The Morgan fingerprint density at radius 1 is 0.740 bits per heavy atom. The second-order valence-corrected chi connectivity index (χ2v) is 11.0. The van der Waals surface area contributed by atoms with Crippen LogP contribution in [0.15, 0.2) is 129 Å². The zero-order valence-corrected chi connectivity index (χ0v) is 26.3. The Morgan fingerprint density at radius 3 is 2.06 bits per heavy atom. The first-order valence-electron chi connectivity index (χ1n) is 15.4. The van der Waals surface area contributed by atoms with E-state index in [1.807, 2.05) is 0 Å².